The van der Waals surface area contributed by atoms with Crippen molar-refractivity contribution in [1.29, 1.82) is 0 Å². The molecule has 0 atom stereocenters. The standard InChI is InChI=1S/C22H24ClNO3/c23-19-5-3-18(4-6-19)22(26)10-12-24(13-11-22)21(25)8-2-16-1-7-20-17(15-16)9-14-27-20/h1,3-7,15,26H,2,8-14H2. The molecule has 0 aromatic heterocycles. The van der Waals surface area contributed by atoms with E-state index in [0.29, 0.717) is 37.4 Å². The molecule has 4 rings (SSSR count). The Morgan fingerprint density at radius 2 is 1.89 bits per heavy atom. The lowest BCUT2D eigenvalue weighted by Crippen LogP contribution is -2.45. The first-order chi connectivity index (χ1) is 13.0. The molecular formula is C22H24ClNO3. The van der Waals surface area contributed by atoms with Crippen molar-refractivity contribution in [3.63, 3.8) is 0 Å². The number of benzene rings is 2. The highest BCUT2D eigenvalue weighted by molar-refractivity contribution is 6.30. The second-order valence-corrected chi connectivity index (χ2v) is 7.90. The van der Waals surface area contributed by atoms with Gasteiger partial charge in [0.15, 0.2) is 0 Å². The Labute approximate surface area is 164 Å². The topological polar surface area (TPSA) is 49.8 Å². The average Bonchev–Trinajstić information content (AvgIpc) is 3.15. The van der Waals surface area contributed by atoms with Crippen LogP contribution in [0.2, 0.25) is 5.02 Å². The molecule has 0 spiro atoms. The van der Waals surface area contributed by atoms with Crippen LogP contribution in [0, 0.1) is 0 Å². The first-order valence-corrected chi connectivity index (χ1v) is 9.92. The number of aliphatic hydroxyl groups is 1. The smallest absolute Gasteiger partial charge is 0.222 e. The molecule has 1 amide bonds. The predicted molar refractivity (Wildman–Crippen MR) is 105 cm³/mol. The monoisotopic (exact) mass is 385 g/mol. The Morgan fingerprint density at radius 3 is 2.63 bits per heavy atom. The summed E-state index contributed by atoms with van der Waals surface area (Å²) >= 11 is 5.94. The molecule has 142 valence electrons. The second-order valence-electron chi connectivity index (χ2n) is 7.46. The van der Waals surface area contributed by atoms with Gasteiger partial charge in [-0.05, 0) is 54.2 Å². The summed E-state index contributed by atoms with van der Waals surface area (Å²) in [6, 6.07) is 13.6. The van der Waals surface area contributed by atoms with Crippen molar-refractivity contribution in [1.82, 2.24) is 4.90 Å². The molecule has 0 saturated carbocycles. The maximum atomic E-state index is 12.6. The molecule has 2 aromatic carbocycles. The number of carbonyl (C=O) groups is 1. The third kappa shape index (κ3) is 3.97. The van der Waals surface area contributed by atoms with Crippen LogP contribution in [-0.4, -0.2) is 35.6 Å². The Kier molecular flexibility index (Phi) is 5.11. The summed E-state index contributed by atoms with van der Waals surface area (Å²) < 4.78 is 5.53. The number of amides is 1. The summed E-state index contributed by atoms with van der Waals surface area (Å²) in [6.45, 7) is 1.91. The zero-order valence-electron chi connectivity index (χ0n) is 15.3. The van der Waals surface area contributed by atoms with Crippen LogP contribution >= 0.6 is 11.6 Å². The highest BCUT2D eigenvalue weighted by atomic mass is 35.5. The first-order valence-electron chi connectivity index (χ1n) is 9.54. The Balaban J connectivity index is 1.31. The molecule has 2 aliphatic rings. The molecule has 2 heterocycles. The maximum absolute atomic E-state index is 12.6. The lowest BCUT2D eigenvalue weighted by Gasteiger charge is -2.38. The lowest BCUT2D eigenvalue weighted by atomic mass is 9.84. The van der Waals surface area contributed by atoms with Crippen LogP contribution in [0.3, 0.4) is 0 Å². The molecule has 5 heteroatoms. The van der Waals surface area contributed by atoms with Gasteiger partial charge >= 0.3 is 0 Å². The molecule has 27 heavy (non-hydrogen) atoms. The fourth-order valence-electron chi connectivity index (χ4n) is 3.98. The van der Waals surface area contributed by atoms with E-state index >= 15 is 0 Å². The summed E-state index contributed by atoms with van der Waals surface area (Å²) in [6.07, 6.45) is 3.29. The van der Waals surface area contributed by atoms with Gasteiger partial charge in [0.05, 0.1) is 12.2 Å². The number of fused-ring (bicyclic) bond motifs is 1. The van der Waals surface area contributed by atoms with E-state index in [-0.39, 0.29) is 5.91 Å². The number of hydrogen-bond donors (Lipinski definition) is 1. The SMILES string of the molecule is O=C(CCc1ccc2c(c1)CCO2)N1CCC(O)(c2ccc(Cl)cc2)CC1. The number of piperidine rings is 1. The Hall–Kier alpha value is -2.04. The zero-order valence-corrected chi connectivity index (χ0v) is 16.0. The maximum Gasteiger partial charge on any atom is 0.222 e. The number of likely N-dealkylation sites (tertiary alicyclic amines) is 1. The fourth-order valence-corrected chi connectivity index (χ4v) is 4.11. The van der Waals surface area contributed by atoms with Crippen molar-refractivity contribution in [2.24, 2.45) is 0 Å². The lowest BCUT2D eigenvalue weighted by molar-refractivity contribution is -0.135. The van der Waals surface area contributed by atoms with Crippen molar-refractivity contribution < 1.29 is 14.6 Å². The van der Waals surface area contributed by atoms with E-state index in [1.807, 2.05) is 29.2 Å². The highest BCUT2D eigenvalue weighted by Crippen LogP contribution is 2.33. The minimum Gasteiger partial charge on any atom is -0.493 e. The molecule has 0 radical (unpaired) electrons. The zero-order chi connectivity index (χ0) is 18.9. The van der Waals surface area contributed by atoms with E-state index < -0.39 is 5.60 Å². The molecule has 0 aliphatic carbocycles. The number of carbonyl (C=O) groups excluding carboxylic acids is 1. The van der Waals surface area contributed by atoms with Gasteiger partial charge in [-0.15, -0.1) is 0 Å². The van der Waals surface area contributed by atoms with Crippen LogP contribution in [0.1, 0.15) is 36.0 Å². The van der Waals surface area contributed by atoms with E-state index in [1.165, 1.54) is 11.1 Å². The fraction of sp³-hybridized carbons (Fsp3) is 0.409. The minimum absolute atomic E-state index is 0.157. The van der Waals surface area contributed by atoms with Crippen LogP contribution < -0.4 is 4.74 Å². The van der Waals surface area contributed by atoms with Crippen molar-refractivity contribution in [2.45, 2.75) is 37.7 Å². The molecule has 0 unspecified atom stereocenters. The number of aryl methyl sites for hydroxylation is 1. The second kappa shape index (κ2) is 7.53. The van der Waals surface area contributed by atoms with Gasteiger partial charge in [0, 0.05) is 31.0 Å². The van der Waals surface area contributed by atoms with E-state index in [9.17, 15) is 9.90 Å². The van der Waals surface area contributed by atoms with Gasteiger partial charge in [-0.3, -0.25) is 4.79 Å². The van der Waals surface area contributed by atoms with Gasteiger partial charge in [0.25, 0.3) is 0 Å². The number of hydrogen-bond acceptors (Lipinski definition) is 3. The van der Waals surface area contributed by atoms with Crippen molar-refractivity contribution in [3.8, 4) is 5.75 Å². The average molecular weight is 386 g/mol. The third-order valence-corrected chi connectivity index (χ3v) is 5.96. The number of nitrogens with zero attached hydrogens (tertiary/aromatic N) is 1. The van der Waals surface area contributed by atoms with Crippen molar-refractivity contribution >= 4 is 17.5 Å². The van der Waals surface area contributed by atoms with Gasteiger partial charge in [0.2, 0.25) is 5.91 Å². The quantitative estimate of drug-likeness (QED) is 0.872. The normalized spacial score (nSPS) is 18.1. The van der Waals surface area contributed by atoms with E-state index in [2.05, 4.69) is 6.07 Å². The Morgan fingerprint density at radius 1 is 1.15 bits per heavy atom. The predicted octanol–water partition coefficient (Wildman–Crippen LogP) is 3.72. The number of halogens is 1. The van der Waals surface area contributed by atoms with Crippen LogP contribution in [0.25, 0.3) is 0 Å². The van der Waals surface area contributed by atoms with Crippen LogP contribution in [0.4, 0.5) is 0 Å². The van der Waals surface area contributed by atoms with Crippen LogP contribution in [0.15, 0.2) is 42.5 Å². The molecule has 2 aliphatic heterocycles. The van der Waals surface area contributed by atoms with E-state index in [0.717, 1.165) is 30.8 Å². The molecule has 1 fully saturated rings. The molecule has 1 saturated heterocycles. The Bertz CT molecular complexity index is 826. The minimum atomic E-state index is -0.874. The third-order valence-electron chi connectivity index (χ3n) is 5.71. The summed E-state index contributed by atoms with van der Waals surface area (Å²) in [5.41, 5.74) is 2.43. The van der Waals surface area contributed by atoms with Gasteiger partial charge in [-0.25, -0.2) is 0 Å². The molecule has 2 aromatic rings. The van der Waals surface area contributed by atoms with E-state index in [4.69, 9.17) is 16.3 Å². The van der Waals surface area contributed by atoms with Crippen LogP contribution in [0.5, 0.6) is 5.75 Å². The van der Waals surface area contributed by atoms with Gasteiger partial charge in [-0.1, -0.05) is 35.9 Å². The van der Waals surface area contributed by atoms with Crippen LogP contribution in [-0.2, 0) is 23.2 Å². The van der Waals surface area contributed by atoms with Gasteiger partial charge in [-0.2, -0.15) is 0 Å². The summed E-state index contributed by atoms with van der Waals surface area (Å²) in [4.78, 5) is 14.5. The highest BCUT2D eigenvalue weighted by Gasteiger charge is 2.35. The summed E-state index contributed by atoms with van der Waals surface area (Å²) in [5, 5.41) is 11.6. The van der Waals surface area contributed by atoms with Crippen molar-refractivity contribution in [2.75, 3.05) is 19.7 Å². The van der Waals surface area contributed by atoms with Crippen molar-refractivity contribution in [3.05, 3.63) is 64.2 Å². The molecule has 4 nitrogen and oxygen atoms in total. The summed E-state index contributed by atoms with van der Waals surface area (Å²) in [5.74, 6) is 1.13. The van der Waals surface area contributed by atoms with Gasteiger partial charge in [0.1, 0.15) is 5.75 Å². The van der Waals surface area contributed by atoms with E-state index in [1.54, 1.807) is 12.1 Å². The molecule has 0 bridgehead atoms. The first kappa shape index (κ1) is 18.3. The molecular weight excluding hydrogens is 362 g/mol. The molecule has 1 N–H and O–H groups in total. The summed E-state index contributed by atoms with van der Waals surface area (Å²) in [7, 11) is 0. The largest absolute Gasteiger partial charge is 0.493 e. The number of ether oxygens (including phenoxy) is 1. The van der Waals surface area contributed by atoms with Gasteiger partial charge < -0.3 is 14.7 Å². The number of rotatable bonds is 4.